The van der Waals surface area contributed by atoms with E-state index in [-0.39, 0.29) is 11.4 Å². The minimum absolute atomic E-state index is 0.113. The van der Waals surface area contributed by atoms with E-state index in [0.29, 0.717) is 13.1 Å². The molecule has 0 atom stereocenters. The van der Waals surface area contributed by atoms with E-state index in [9.17, 15) is 18.5 Å². The van der Waals surface area contributed by atoms with Crippen LogP contribution in [0.4, 0.5) is 5.69 Å². The third-order valence-corrected chi connectivity index (χ3v) is 5.93. The first kappa shape index (κ1) is 22.3. The van der Waals surface area contributed by atoms with Crippen LogP contribution in [0.1, 0.15) is 5.56 Å². The first-order valence-electron chi connectivity index (χ1n) is 9.58. The van der Waals surface area contributed by atoms with Gasteiger partial charge in [0.1, 0.15) is 0 Å². The molecule has 8 nitrogen and oxygen atoms in total. The lowest BCUT2D eigenvalue weighted by Crippen LogP contribution is -2.32. The number of rotatable bonds is 10. The fourth-order valence-electron chi connectivity index (χ4n) is 2.89. The van der Waals surface area contributed by atoms with Gasteiger partial charge in [0.05, 0.1) is 4.92 Å². The van der Waals surface area contributed by atoms with Gasteiger partial charge >= 0.3 is 0 Å². The topological polar surface area (TPSA) is 114 Å². The molecule has 2 N–H and O–H groups in total. The van der Waals surface area contributed by atoms with Gasteiger partial charge in [-0.2, -0.15) is 0 Å². The Bertz CT molecular complexity index is 1150. The lowest BCUT2D eigenvalue weighted by Gasteiger charge is -2.07. The van der Waals surface area contributed by atoms with E-state index in [0.717, 1.165) is 16.7 Å². The number of hydrogen-bond donors (Lipinski definition) is 2. The molecule has 31 heavy (non-hydrogen) atoms. The molecule has 9 heteroatoms. The van der Waals surface area contributed by atoms with Gasteiger partial charge in [-0.05, 0) is 28.8 Å². The SMILES string of the molecule is O=[N+]([O-])c1ccccc1S(=O)(=O)NCCNC/C=C/c1ccc(-c2cccnc2)cc1. The molecule has 0 amide bonds. The van der Waals surface area contributed by atoms with Crippen molar-refractivity contribution in [3.8, 4) is 11.1 Å². The summed E-state index contributed by atoms with van der Waals surface area (Å²) in [5.41, 5.74) is 2.75. The van der Waals surface area contributed by atoms with Gasteiger partial charge in [0, 0.05) is 38.1 Å². The largest absolute Gasteiger partial charge is 0.312 e. The maximum absolute atomic E-state index is 12.3. The van der Waals surface area contributed by atoms with Crippen LogP contribution in [0.5, 0.6) is 0 Å². The monoisotopic (exact) mass is 438 g/mol. The van der Waals surface area contributed by atoms with E-state index in [4.69, 9.17) is 0 Å². The number of sulfonamides is 1. The van der Waals surface area contributed by atoms with Crippen LogP contribution in [0, 0.1) is 10.1 Å². The predicted octanol–water partition coefficient (Wildman–Crippen LogP) is 3.24. The van der Waals surface area contributed by atoms with Crippen LogP contribution in [-0.2, 0) is 10.0 Å². The molecule has 0 saturated heterocycles. The summed E-state index contributed by atoms with van der Waals surface area (Å²) >= 11 is 0. The van der Waals surface area contributed by atoms with Gasteiger partial charge < -0.3 is 5.32 Å². The fourth-order valence-corrected chi connectivity index (χ4v) is 4.09. The molecule has 0 fully saturated rings. The number of nitro groups is 1. The zero-order valence-corrected chi connectivity index (χ0v) is 17.5. The average molecular weight is 439 g/mol. The zero-order chi connectivity index (χ0) is 22.1. The average Bonchev–Trinajstić information content (AvgIpc) is 2.79. The van der Waals surface area contributed by atoms with Crippen molar-refractivity contribution < 1.29 is 13.3 Å². The Morgan fingerprint density at radius 1 is 0.968 bits per heavy atom. The Balaban J connectivity index is 1.43. The fraction of sp³-hybridized carbons (Fsp3) is 0.136. The summed E-state index contributed by atoms with van der Waals surface area (Å²) in [7, 11) is -3.95. The normalized spacial score (nSPS) is 11.6. The molecule has 0 bridgehead atoms. The summed E-state index contributed by atoms with van der Waals surface area (Å²) < 4.78 is 27.0. The highest BCUT2D eigenvalue weighted by molar-refractivity contribution is 7.89. The van der Waals surface area contributed by atoms with Crippen molar-refractivity contribution in [1.82, 2.24) is 15.0 Å². The van der Waals surface area contributed by atoms with Crippen molar-refractivity contribution in [3.63, 3.8) is 0 Å². The van der Waals surface area contributed by atoms with Crippen molar-refractivity contribution >= 4 is 21.8 Å². The molecular formula is C22H22N4O4S. The van der Waals surface area contributed by atoms with Crippen molar-refractivity contribution in [2.45, 2.75) is 4.90 Å². The highest BCUT2D eigenvalue weighted by atomic mass is 32.2. The molecule has 0 saturated carbocycles. The highest BCUT2D eigenvalue weighted by Gasteiger charge is 2.24. The molecule has 0 aliphatic rings. The molecule has 3 rings (SSSR count). The second-order valence-electron chi connectivity index (χ2n) is 6.59. The van der Waals surface area contributed by atoms with Gasteiger partial charge in [0.25, 0.3) is 5.69 Å². The van der Waals surface area contributed by atoms with Crippen LogP contribution in [0.3, 0.4) is 0 Å². The van der Waals surface area contributed by atoms with Gasteiger partial charge in [-0.3, -0.25) is 15.1 Å². The number of nitrogens with one attached hydrogen (secondary N) is 2. The number of pyridine rings is 1. The molecule has 2 aromatic carbocycles. The van der Waals surface area contributed by atoms with E-state index in [2.05, 4.69) is 15.0 Å². The molecule has 3 aromatic rings. The Morgan fingerprint density at radius 2 is 1.74 bits per heavy atom. The van der Waals surface area contributed by atoms with Crippen LogP contribution in [-0.4, -0.2) is 38.0 Å². The van der Waals surface area contributed by atoms with Crippen LogP contribution in [0.2, 0.25) is 0 Å². The minimum Gasteiger partial charge on any atom is -0.312 e. The van der Waals surface area contributed by atoms with Crippen molar-refractivity contribution in [2.75, 3.05) is 19.6 Å². The summed E-state index contributed by atoms with van der Waals surface area (Å²) in [6.45, 7) is 1.05. The smallest absolute Gasteiger partial charge is 0.289 e. The first-order chi connectivity index (χ1) is 15.0. The number of benzene rings is 2. The number of nitro benzene ring substituents is 1. The van der Waals surface area contributed by atoms with E-state index < -0.39 is 20.6 Å². The second kappa shape index (κ2) is 10.6. The molecule has 160 valence electrons. The molecule has 0 radical (unpaired) electrons. The molecule has 0 aliphatic carbocycles. The first-order valence-corrected chi connectivity index (χ1v) is 11.1. The van der Waals surface area contributed by atoms with Crippen LogP contribution < -0.4 is 10.0 Å². The zero-order valence-electron chi connectivity index (χ0n) is 16.6. The lowest BCUT2D eigenvalue weighted by molar-refractivity contribution is -0.387. The van der Waals surface area contributed by atoms with E-state index in [1.807, 2.05) is 54.7 Å². The maximum Gasteiger partial charge on any atom is 0.289 e. The lowest BCUT2D eigenvalue weighted by atomic mass is 10.1. The van der Waals surface area contributed by atoms with Gasteiger partial charge in [0.15, 0.2) is 4.90 Å². The molecule has 0 aliphatic heterocycles. The molecule has 1 aromatic heterocycles. The van der Waals surface area contributed by atoms with Gasteiger partial charge in [-0.15, -0.1) is 0 Å². The van der Waals surface area contributed by atoms with Gasteiger partial charge in [0.2, 0.25) is 10.0 Å². The van der Waals surface area contributed by atoms with Crippen LogP contribution in [0.25, 0.3) is 17.2 Å². The third kappa shape index (κ3) is 6.29. The van der Waals surface area contributed by atoms with Gasteiger partial charge in [-0.1, -0.05) is 54.6 Å². The highest BCUT2D eigenvalue weighted by Crippen LogP contribution is 2.22. The van der Waals surface area contributed by atoms with Crippen LogP contribution in [0.15, 0.2) is 84.0 Å². The number of nitrogens with zero attached hydrogens (tertiary/aromatic N) is 2. The molecule has 1 heterocycles. The van der Waals surface area contributed by atoms with Crippen molar-refractivity contribution in [2.24, 2.45) is 0 Å². The second-order valence-corrected chi connectivity index (χ2v) is 8.33. The van der Waals surface area contributed by atoms with Gasteiger partial charge in [-0.25, -0.2) is 13.1 Å². The maximum atomic E-state index is 12.3. The Kier molecular flexibility index (Phi) is 7.60. The van der Waals surface area contributed by atoms with E-state index in [1.165, 1.54) is 24.3 Å². The standard InChI is InChI=1S/C22H22N4O4S/c27-26(28)21-7-1-2-8-22(21)31(29,30)25-16-15-23-13-3-5-18-9-11-19(12-10-18)20-6-4-14-24-17-20/h1-12,14,17,23,25H,13,15-16H2/b5-3+. The molecule has 0 spiro atoms. The van der Waals surface area contributed by atoms with Crippen molar-refractivity contribution in [3.05, 3.63) is 94.8 Å². The summed E-state index contributed by atoms with van der Waals surface area (Å²) in [6, 6.07) is 17.3. The van der Waals surface area contributed by atoms with E-state index in [1.54, 1.807) is 6.20 Å². The molecular weight excluding hydrogens is 416 g/mol. The Labute approximate surface area is 180 Å². The quantitative estimate of drug-likeness (QED) is 0.285. The summed E-state index contributed by atoms with van der Waals surface area (Å²) in [5.74, 6) is 0. The summed E-state index contributed by atoms with van der Waals surface area (Å²) in [4.78, 5) is 14.1. The van der Waals surface area contributed by atoms with Crippen molar-refractivity contribution in [1.29, 1.82) is 0 Å². The third-order valence-electron chi connectivity index (χ3n) is 4.42. The predicted molar refractivity (Wildman–Crippen MR) is 120 cm³/mol. The Hall–Kier alpha value is -3.40. The van der Waals surface area contributed by atoms with Crippen LogP contribution >= 0.6 is 0 Å². The Morgan fingerprint density at radius 3 is 2.45 bits per heavy atom. The summed E-state index contributed by atoms with van der Waals surface area (Å²) in [6.07, 6.45) is 7.47. The van der Waals surface area contributed by atoms with E-state index >= 15 is 0 Å². The number of hydrogen-bond acceptors (Lipinski definition) is 6. The minimum atomic E-state index is -3.95. The molecule has 0 unspecified atom stereocenters. The summed E-state index contributed by atoms with van der Waals surface area (Å²) in [5, 5.41) is 14.1. The number of para-hydroxylation sites is 1. The number of aromatic nitrogens is 1.